The van der Waals surface area contributed by atoms with Crippen LogP contribution in [0.1, 0.15) is 17.5 Å². The standard InChI is InChI=1S/C11H9BrClF3/c12-6-2-1-3-8-4-5-9(13)7-10(8)11(14,15)16/h1,3-5,7H,2,6H2. The first kappa shape index (κ1) is 13.6. The van der Waals surface area contributed by atoms with Crippen LogP contribution < -0.4 is 0 Å². The minimum Gasteiger partial charge on any atom is -0.166 e. The summed E-state index contributed by atoms with van der Waals surface area (Å²) in [6.07, 6.45) is -0.549. The second-order valence-corrected chi connectivity index (χ2v) is 4.34. The molecular weight excluding hydrogens is 304 g/mol. The lowest BCUT2D eigenvalue weighted by molar-refractivity contribution is -0.137. The van der Waals surface area contributed by atoms with E-state index in [1.165, 1.54) is 18.2 Å². The predicted molar refractivity (Wildman–Crippen MR) is 63.9 cm³/mol. The van der Waals surface area contributed by atoms with Gasteiger partial charge in [-0.2, -0.15) is 13.2 Å². The van der Waals surface area contributed by atoms with Crippen molar-refractivity contribution in [1.29, 1.82) is 0 Å². The van der Waals surface area contributed by atoms with Crippen LogP contribution in [0.25, 0.3) is 6.08 Å². The third kappa shape index (κ3) is 3.83. The second kappa shape index (κ2) is 5.73. The van der Waals surface area contributed by atoms with E-state index >= 15 is 0 Å². The van der Waals surface area contributed by atoms with Crippen LogP contribution >= 0.6 is 27.5 Å². The zero-order valence-electron chi connectivity index (χ0n) is 8.19. The molecule has 0 spiro atoms. The van der Waals surface area contributed by atoms with Crippen LogP contribution in [0.4, 0.5) is 13.2 Å². The molecule has 0 heterocycles. The molecule has 0 radical (unpaired) electrons. The van der Waals surface area contributed by atoms with E-state index in [4.69, 9.17) is 11.6 Å². The Morgan fingerprint density at radius 2 is 2.00 bits per heavy atom. The smallest absolute Gasteiger partial charge is 0.166 e. The summed E-state index contributed by atoms with van der Waals surface area (Å²) < 4.78 is 37.9. The summed E-state index contributed by atoms with van der Waals surface area (Å²) in [5.41, 5.74) is -0.566. The maximum absolute atomic E-state index is 12.6. The fourth-order valence-electron chi connectivity index (χ4n) is 1.19. The first-order valence-corrected chi connectivity index (χ1v) is 6.04. The molecular formula is C11H9BrClF3. The minimum absolute atomic E-state index is 0.0879. The Labute approximate surface area is 105 Å². The first-order chi connectivity index (χ1) is 7.45. The Kier molecular flexibility index (Phi) is 4.87. The molecule has 0 nitrogen and oxygen atoms in total. The minimum atomic E-state index is -4.38. The van der Waals surface area contributed by atoms with Crippen molar-refractivity contribution >= 4 is 33.6 Å². The molecule has 0 aliphatic carbocycles. The van der Waals surface area contributed by atoms with Crippen LogP contribution in [0, 0.1) is 0 Å². The van der Waals surface area contributed by atoms with Crippen molar-refractivity contribution in [3.05, 3.63) is 40.4 Å². The number of hydrogen-bond acceptors (Lipinski definition) is 0. The molecule has 0 saturated heterocycles. The highest BCUT2D eigenvalue weighted by Crippen LogP contribution is 2.34. The number of rotatable bonds is 3. The van der Waals surface area contributed by atoms with Gasteiger partial charge in [-0.25, -0.2) is 0 Å². The average molecular weight is 314 g/mol. The molecule has 1 rings (SSSR count). The highest BCUT2D eigenvalue weighted by atomic mass is 79.9. The van der Waals surface area contributed by atoms with Gasteiger partial charge in [0.05, 0.1) is 5.56 Å². The molecule has 5 heteroatoms. The summed E-state index contributed by atoms with van der Waals surface area (Å²) >= 11 is 8.75. The highest BCUT2D eigenvalue weighted by Gasteiger charge is 2.32. The van der Waals surface area contributed by atoms with Gasteiger partial charge >= 0.3 is 6.18 Å². The second-order valence-electron chi connectivity index (χ2n) is 3.11. The Balaban J connectivity index is 3.08. The molecule has 88 valence electrons. The van der Waals surface area contributed by atoms with Crippen molar-refractivity contribution in [2.75, 3.05) is 5.33 Å². The van der Waals surface area contributed by atoms with Gasteiger partial charge in [-0.3, -0.25) is 0 Å². The third-order valence-electron chi connectivity index (χ3n) is 1.89. The van der Waals surface area contributed by atoms with Crippen molar-refractivity contribution in [3.8, 4) is 0 Å². The maximum atomic E-state index is 12.6. The Hall–Kier alpha value is -0.480. The predicted octanol–water partition coefficient (Wildman–Crippen LogP) is 5.16. The summed E-state index contributed by atoms with van der Waals surface area (Å²) in [6.45, 7) is 0. The summed E-state index contributed by atoms with van der Waals surface area (Å²) in [5, 5.41) is 0.809. The zero-order chi connectivity index (χ0) is 12.2. The van der Waals surface area contributed by atoms with E-state index in [9.17, 15) is 13.2 Å². The van der Waals surface area contributed by atoms with Crippen LogP contribution in [0.15, 0.2) is 24.3 Å². The van der Waals surface area contributed by atoms with Gasteiger partial charge in [0.1, 0.15) is 0 Å². The molecule has 0 aromatic heterocycles. The lowest BCUT2D eigenvalue weighted by Gasteiger charge is -2.10. The van der Waals surface area contributed by atoms with Gasteiger partial charge in [-0.05, 0) is 24.1 Å². The van der Waals surface area contributed by atoms with Gasteiger partial charge in [-0.15, -0.1) is 0 Å². The lowest BCUT2D eigenvalue weighted by Crippen LogP contribution is -2.07. The van der Waals surface area contributed by atoms with Crippen molar-refractivity contribution in [2.45, 2.75) is 12.6 Å². The molecule has 0 saturated carbocycles. The van der Waals surface area contributed by atoms with Gasteiger partial charge in [0.25, 0.3) is 0 Å². The number of hydrogen-bond donors (Lipinski definition) is 0. The van der Waals surface area contributed by atoms with Crippen LogP contribution in [0.3, 0.4) is 0 Å². The normalized spacial score (nSPS) is 12.3. The van der Waals surface area contributed by atoms with Gasteiger partial charge in [0.2, 0.25) is 0 Å². The molecule has 16 heavy (non-hydrogen) atoms. The molecule has 0 atom stereocenters. The largest absolute Gasteiger partial charge is 0.417 e. The van der Waals surface area contributed by atoms with Gasteiger partial charge in [-0.1, -0.05) is 45.7 Å². The number of halogens is 5. The van der Waals surface area contributed by atoms with Crippen molar-refractivity contribution < 1.29 is 13.2 Å². The van der Waals surface area contributed by atoms with E-state index in [2.05, 4.69) is 15.9 Å². The lowest BCUT2D eigenvalue weighted by atomic mass is 10.1. The fourth-order valence-corrected chi connectivity index (χ4v) is 1.63. The zero-order valence-corrected chi connectivity index (χ0v) is 10.5. The van der Waals surface area contributed by atoms with Crippen molar-refractivity contribution in [3.63, 3.8) is 0 Å². The SMILES string of the molecule is FC(F)(F)c1cc(Cl)ccc1C=CCCBr. The Bertz CT molecular complexity index is 385. The quantitative estimate of drug-likeness (QED) is 0.676. The Morgan fingerprint density at radius 1 is 1.31 bits per heavy atom. The third-order valence-corrected chi connectivity index (χ3v) is 2.59. The van der Waals surface area contributed by atoms with Crippen LogP contribution in [-0.4, -0.2) is 5.33 Å². The Morgan fingerprint density at radius 3 is 2.56 bits per heavy atom. The van der Waals surface area contributed by atoms with E-state index in [0.29, 0.717) is 6.42 Å². The first-order valence-electron chi connectivity index (χ1n) is 4.54. The van der Waals surface area contributed by atoms with Gasteiger partial charge in [0, 0.05) is 10.4 Å². The molecule has 0 amide bonds. The van der Waals surface area contributed by atoms with Crippen molar-refractivity contribution in [1.82, 2.24) is 0 Å². The van der Waals surface area contributed by atoms with E-state index < -0.39 is 11.7 Å². The molecule has 1 aromatic carbocycles. The molecule has 1 aromatic rings. The summed E-state index contributed by atoms with van der Waals surface area (Å²) in [7, 11) is 0. The van der Waals surface area contributed by atoms with E-state index in [1.807, 2.05) is 0 Å². The monoisotopic (exact) mass is 312 g/mol. The molecule has 0 aliphatic heterocycles. The molecule has 0 fully saturated rings. The number of allylic oxidation sites excluding steroid dienone is 1. The van der Waals surface area contributed by atoms with Gasteiger partial charge < -0.3 is 0 Å². The van der Waals surface area contributed by atoms with Crippen LogP contribution in [0.2, 0.25) is 5.02 Å². The molecule has 0 bridgehead atoms. The van der Waals surface area contributed by atoms with E-state index in [0.717, 1.165) is 11.4 Å². The maximum Gasteiger partial charge on any atom is 0.417 e. The topological polar surface area (TPSA) is 0 Å². The van der Waals surface area contributed by atoms with E-state index in [-0.39, 0.29) is 10.6 Å². The number of alkyl halides is 4. The average Bonchev–Trinajstić information content (AvgIpc) is 2.19. The summed E-state index contributed by atoms with van der Waals surface area (Å²) in [4.78, 5) is 0. The summed E-state index contributed by atoms with van der Waals surface area (Å²) in [5.74, 6) is 0. The molecule has 0 aliphatic rings. The number of benzene rings is 1. The van der Waals surface area contributed by atoms with Crippen molar-refractivity contribution in [2.24, 2.45) is 0 Å². The van der Waals surface area contributed by atoms with Crippen LogP contribution in [0.5, 0.6) is 0 Å². The van der Waals surface area contributed by atoms with Gasteiger partial charge in [0.15, 0.2) is 0 Å². The van der Waals surface area contributed by atoms with Crippen LogP contribution in [-0.2, 0) is 6.18 Å². The fraction of sp³-hybridized carbons (Fsp3) is 0.273. The molecule has 0 unspecified atom stereocenters. The van der Waals surface area contributed by atoms with E-state index in [1.54, 1.807) is 6.08 Å². The molecule has 0 N–H and O–H groups in total. The highest BCUT2D eigenvalue weighted by molar-refractivity contribution is 9.09. The summed E-state index contributed by atoms with van der Waals surface area (Å²) in [6, 6.07) is 3.76.